The van der Waals surface area contributed by atoms with Crippen molar-refractivity contribution in [3.63, 3.8) is 0 Å². The molecule has 0 radical (unpaired) electrons. The molecule has 0 aliphatic rings. The lowest BCUT2D eigenvalue weighted by Gasteiger charge is -2.21. The Morgan fingerprint density at radius 2 is 2.04 bits per heavy atom. The van der Waals surface area contributed by atoms with Crippen molar-refractivity contribution in [3.05, 3.63) is 28.0 Å². The van der Waals surface area contributed by atoms with Gasteiger partial charge in [0.2, 0.25) is 0 Å². The molecule has 0 fully saturated rings. The summed E-state index contributed by atoms with van der Waals surface area (Å²) in [5.41, 5.74) is 0.0467. The highest BCUT2D eigenvalue weighted by molar-refractivity contribution is 7.98. The fourth-order valence-electron chi connectivity index (χ4n) is 1.46. The summed E-state index contributed by atoms with van der Waals surface area (Å²) in [5, 5.41) is 12.1. The monoisotopic (exact) mass is 380 g/mol. The largest absolute Gasteiger partial charge is 0.480 e. The van der Waals surface area contributed by atoms with E-state index in [0.29, 0.717) is 10.9 Å². The van der Waals surface area contributed by atoms with Crippen LogP contribution in [0.5, 0.6) is 0 Å². The summed E-state index contributed by atoms with van der Waals surface area (Å²) in [6.07, 6.45) is -0.767. The Labute approximate surface area is 148 Å². The van der Waals surface area contributed by atoms with Gasteiger partial charge >= 0.3 is 12.1 Å². The number of alkyl carbamates (subject to hydrolysis) is 1. The highest BCUT2D eigenvalue weighted by Gasteiger charge is 2.24. The first-order valence-corrected chi connectivity index (χ1v) is 8.60. The van der Waals surface area contributed by atoms with Crippen LogP contribution < -0.4 is 5.32 Å². The van der Waals surface area contributed by atoms with Crippen molar-refractivity contribution in [2.24, 2.45) is 0 Å². The second-order valence-electron chi connectivity index (χ2n) is 5.64. The number of carbonyl (C=O) groups is 2. The average Bonchev–Trinajstić information content (AvgIpc) is 2.37. The van der Waals surface area contributed by atoms with Crippen molar-refractivity contribution >= 4 is 47.0 Å². The normalized spacial score (nSPS) is 12.6. The standard InChI is InChI=1S/C14H18Cl2N2O4S/c1-14(2,3)22-13(21)17-9(12(19)20)7-23-6-8-4-5-10(15)18-11(8)16/h4-5,9H,6-7H2,1-3H3,(H,17,21)(H,19,20). The number of halogens is 2. The maximum Gasteiger partial charge on any atom is 0.408 e. The quantitative estimate of drug-likeness (QED) is 0.732. The van der Waals surface area contributed by atoms with Crippen molar-refractivity contribution in [1.82, 2.24) is 10.3 Å². The minimum atomic E-state index is -1.14. The van der Waals surface area contributed by atoms with Gasteiger partial charge in [0.15, 0.2) is 0 Å². The molecule has 1 rings (SSSR count). The number of carboxylic acid groups (broad SMARTS) is 1. The van der Waals surface area contributed by atoms with Gasteiger partial charge in [-0.1, -0.05) is 29.3 Å². The third-order valence-electron chi connectivity index (χ3n) is 2.42. The van der Waals surface area contributed by atoms with E-state index in [1.54, 1.807) is 32.9 Å². The van der Waals surface area contributed by atoms with E-state index in [0.717, 1.165) is 5.56 Å². The number of ether oxygens (including phenoxy) is 1. The Bertz CT molecular complexity index is 578. The molecule has 23 heavy (non-hydrogen) atoms. The number of hydrogen-bond donors (Lipinski definition) is 2. The van der Waals surface area contributed by atoms with Gasteiger partial charge in [-0.25, -0.2) is 14.6 Å². The lowest BCUT2D eigenvalue weighted by molar-refractivity contribution is -0.138. The van der Waals surface area contributed by atoms with Crippen LogP contribution in [-0.2, 0) is 15.3 Å². The van der Waals surface area contributed by atoms with E-state index in [-0.39, 0.29) is 10.9 Å². The number of hydrogen-bond acceptors (Lipinski definition) is 5. The van der Waals surface area contributed by atoms with E-state index >= 15 is 0 Å². The molecular formula is C14H18Cl2N2O4S. The number of rotatable bonds is 6. The first kappa shape index (κ1) is 19.9. The van der Waals surface area contributed by atoms with Crippen LogP contribution in [0.1, 0.15) is 26.3 Å². The Morgan fingerprint density at radius 3 is 2.57 bits per heavy atom. The molecule has 1 aromatic heterocycles. The molecule has 1 atom stereocenters. The molecule has 1 heterocycles. The second-order valence-corrected chi connectivity index (χ2v) is 7.41. The van der Waals surface area contributed by atoms with Crippen molar-refractivity contribution in [2.45, 2.75) is 38.2 Å². The van der Waals surface area contributed by atoms with Gasteiger partial charge < -0.3 is 15.2 Å². The SMILES string of the molecule is CC(C)(C)OC(=O)NC(CSCc1ccc(Cl)nc1Cl)C(=O)O. The molecule has 1 aromatic rings. The second kappa shape index (κ2) is 8.61. The molecule has 0 aromatic carbocycles. The number of pyridine rings is 1. The zero-order valence-corrected chi connectivity index (χ0v) is 15.3. The fraction of sp³-hybridized carbons (Fsp3) is 0.500. The maximum atomic E-state index is 11.6. The lowest BCUT2D eigenvalue weighted by Crippen LogP contribution is -2.44. The summed E-state index contributed by atoms with van der Waals surface area (Å²) < 4.78 is 5.05. The number of carboxylic acids is 1. The number of thioether (sulfide) groups is 1. The predicted octanol–water partition coefficient (Wildman–Crippen LogP) is 3.60. The molecule has 0 aliphatic carbocycles. The Morgan fingerprint density at radius 1 is 1.39 bits per heavy atom. The Kier molecular flexibility index (Phi) is 7.44. The number of carbonyl (C=O) groups excluding carboxylic acids is 1. The summed E-state index contributed by atoms with van der Waals surface area (Å²) in [6, 6.07) is 2.27. The minimum Gasteiger partial charge on any atom is -0.480 e. The van der Waals surface area contributed by atoms with Crippen LogP contribution in [0.4, 0.5) is 4.79 Å². The highest BCUT2D eigenvalue weighted by Crippen LogP contribution is 2.22. The molecule has 0 saturated carbocycles. The predicted molar refractivity (Wildman–Crippen MR) is 91.2 cm³/mol. The minimum absolute atomic E-state index is 0.160. The molecule has 2 N–H and O–H groups in total. The van der Waals surface area contributed by atoms with Gasteiger partial charge in [-0.05, 0) is 32.4 Å². The number of aliphatic carboxylic acids is 1. The van der Waals surface area contributed by atoms with Crippen LogP contribution >= 0.6 is 35.0 Å². The third-order valence-corrected chi connectivity index (χ3v) is 4.05. The molecule has 0 bridgehead atoms. The number of amides is 1. The Balaban J connectivity index is 2.53. The van der Waals surface area contributed by atoms with Crippen molar-refractivity contribution < 1.29 is 19.4 Å². The summed E-state index contributed by atoms with van der Waals surface area (Å²) in [5.74, 6) is -0.528. The van der Waals surface area contributed by atoms with E-state index in [9.17, 15) is 9.59 Å². The highest BCUT2D eigenvalue weighted by atomic mass is 35.5. The van der Waals surface area contributed by atoms with Crippen molar-refractivity contribution in [2.75, 3.05) is 5.75 Å². The van der Waals surface area contributed by atoms with E-state index < -0.39 is 23.7 Å². The van der Waals surface area contributed by atoms with Crippen LogP contribution in [0, 0.1) is 0 Å². The number of nitrogens with zero attached hydrogens (tertiary/aromatic N) is 1. The zero-order valence-electron chi connectivity index (χ0n) is 12.9. The molecule has 0 saturated heterocycles. The molecule has 9 heteroatoms. The topological polar surface area (TPSA) is 88.5 Å². The Hall–Kier alpha value is -1.18. The molecule has 128 valence electrons. The first-order valence-electron chi connectivity index (χ1n) is 6.69. The van der Waals surface area contributed by atoms with Crippen LogP contribution in [0.2, 0.25) is 10.3 Å². The lowest BCUT2D eigenvalue weighted by atomic mass is 10.2. The summed E-state index contributed by atoms with van der Waals surface area (Å²) in [4.78, 5) is 26.8. The molecule has 0 spiro atoms. The number of nitrogens with one attached hydrogen (secondary N) is 1. The van der Waals surface area contributed by atoms with Gasteiger partial charge in [-0.3, -0.25) is 0 Å². The zero-order chi connectivity index (χ0) is 17.6. The van der Waals surface area contributed by atoms with Gasteiger partial charge in [-0.15, -0.1) is 0 Å². The van der Waals surface area contributed by atoms with E-state index in [4.69, 9.17) is 33.0 Å². The van der Waals surface area contributed by atoms with E-state index in [2.05, 4.69) is 10.3 Å². The van der Waals surface area contributed by atoms with Crippen LogP contribution in [0.3, 0.4) is 0 Å². The van der Waals surface area contributed by atoms with Gasteiger partial charge in [0.05, 0.1) is 0 Å². The van der Waals surface area contributed by atoms with Crippen LogP contribution in [-0.4, -0.2) is 39.5 Å². The molecule has 1 unspecified atom stereocenters. The van der Waals surface area contributed by atoms with Gasteiger partial charge in [0.25, 0.3) is 0 Å². The molecule has 0 aliphatic heterocycles. The van der Waals surface area contributed by atoms with Crippen LogP contribution in [0.15, 0.2) is 12.1 Å². The van der Waals surface area contributed by atoms with Gasteiger partial charge in [-0.2, -0.15) is 11.8 Å². The maximum absolute atomic E-state index is 11.6. The molecule has 6 nitrogen and oxygen atoms in total. The molecule has 1 amide bonds. The van der Waals surface area contributed by atoms with Crippen LogP contribution in [0.25, 0.3) is 0 Å². The smallest absolute Gasteiger partial charge is 0.408 e. The van der Waals surface area contributed by atoms with E-state index in [1.165, 1.54) is 11.8 Å². The van der Waals surface area contributed by atoms with Gasteiger partial charge in [0.1, 0.15) is 21.9 Å². The summed E-state index contributed by atoms with van der Waals surface area (Å²) in [6.45, 7) is 5.10. The van der Waals surface area contributed by atoms with Crippen molar-refractivity contribution in [3.8, 4) is 0 Å². The first-order chi connectivity index (χ1) is 10.6. The van der Waals surface area contributed by atoms with E-state index in [1.807, 2.05) is 0 Å². The van der Waals surface area contributed by atoms with Crippen molar-refractivity contribution in [1.29, 1.82) is 0 Å². The third kappa shape index (κ3) is 7.76. The summed E-state index contributed by atoms with van der Waals surface area (Å²) >= 11 is 13.0. The summed E-state index contributed by atoms with van der Waals surface area (Å²) in [7, 11) is 0. The number of aromatic nitrogens is 1. The molecular weight excluding hydrogens is 363 g/mol. The van der Waals surface area contributed by atoms with Gasteiger partial charge in [0, 0.05) is 11.5 Å². The fourth-order valence-corrected chi connectivity index (χ4v) is 2.98. The average molecular weight is 381 g/mol.